The van der Waals surface area contributed by atoms with E-state index in [9.17, 15) is 4.79 Å². The lowest BCUT2D eigenvalue weighted by atomic mass is 10.3. The van der Waals surface area contributed by atoms with Crippen molar-refractivity contribution < 1.29 is 4.79 Å². The summed E-state index contributed by atoms with van der Waals surface area (Å²) in [4.78, 5) is 11.8. The number of thioether (sulfide) groups is 1. The van der Waals surface area contributed by atoms with Crippen molar-refractivity contribution in [3.8, 4) is 0 Å². The Hall–Kier alpha value is -1.16. The molecule has 0 saturated heterocycles. The Morgan fingerprint density at radius 1 is 1.44 bits per heavy atom. The average Bonchev–Trinajstić information content (AvgIpc) is 2.28. The second-order valence-electron chi connectivity index (χ2n) is 3.53. The number of unbranched alkanes of at least 4 members (excludes halogenated alkanes) is 1. The van der Waals surface area contributed by atoms with Gasteiger partial charge in [-0.05, 0) is 18.6 Å². The lowest BCUT2D eigenvalue weighted by molar-refractivity contribution is -0.115. The molecule has 1 amide bonds. The molecule has 0 saturated carbocycles. The summed E-state index contributed by atoms with van der Waals surface area (Å²) in [7, 11) is 0. The van der Waals surface area contributed by atoms with Crippen molar-refractivity contribution in [3.63, 3.8) is 0 Å². The maximum absolute atomic E-state index is 10.7. The largest absolute Gasteiger partial charge is 0.384 e. The Kier molecular flexibility index (Phi) is 5.78. The molecule has 0 bridgehead atoms. The highest BCUT2D eigenvalue weighted by molar-refractivity contribution is 8.00. The quantitative estimate of drug-likeness (QED) is 0.567. The summed E-state index contributed by atoms with van der Waals surface area (Å²) < 4.78 is 0. The molecule has 88 valence electrons. The van der Waals surface area contributed by atoms with E-state index < -0.39 is 0 Å². The smallest absolute Gasteiger partial charge is 0.227 e. The second kappa shape index (κ2) is 7.17. The molecule has 0 spiro atoms. The van der Waals surface area contributed by atoms with Crippen LogP contribution < -0.4 is 11.1 Å². The summed E-state index contributed by atoms with van der Waals surface area (Å²) in [6.45, 7) is 3.13. The number of anilines is 1. The number of hydrogen-bond acceptors (Lipinski definition) is 3. The van der Waals surface area contributed by atoms with E-state index in [0.717, 1.165) is 23.5 Å². The molecular weight excluding hydrogens is 220 g/mol. The fraction of sp³-hybridized carbons (Fsp3) is 0.417. The van der Waals surface area contributed by atoms with Crippen LogP contribution >= 0.6 is 11.8 Å². The van der Waals surface area contributed by atoms with Gasteiger partial charge in [0.15, 0.2) is 0 Å². The molecule has 0 aliphatic heterocycles. The van der Waals surface area contributed by atoms with Gasteiger partial charge in [0.1, 0.15) is 0 Å². The summed E-state index contributed by atoms with van der Waals surface area (Å²) >= 11 is 1.48. The van der Waals surface area contributed by atoms with Crippen LogP contribution in [0.1, 0.15) is 19.8 Å². The van der Waals surface area contributed by atoms with Gasteiger partial charge in [0.25, 0.3) is 0 Å². The third kappa shape index (κ3) is 4.57. The van der Waals surface area contributed by atoms with Gasteiger partial charge in [-0.1, -0.05) is 25.5 Å². The maximum Gasteiger partial charge on any atom is 0.227 e. The predicted octanol–water partition coefficient (Wildman–Crippen LogP) is 2.48. The van der Waals surface area contributed by atoms with Crippen LogP contribution in [-0.4, -0.2) is 18.2 Å². The lowest BCUT2D eigenvalue weighted by Gasteiger charge is -2.10. The lowest BCUT2D eigenvalue weighted by Crippen LogP contribution is -2.13. The van der Waals surface area contributed by atoms with Crippen LogP contribution in [0.25, 0.3) is 0 Å². The van der Waals surface area contributed by atoms with Crippen molar-refractivity contribution in [2.75, 3.05) is 17.6 Å². The van der Waals surface area contributed by atoms with Crippen LogP contribution in [0.15, 0.2) is 29.2 Å². The molecule has 0 heterocycles. The first-order chi connectivity index (χ1) is 7.74. The number of benzene rings is 1. The van der Waals surface area contributed by atoms with Gasteiger partial charge in [-0.3, -0.25) is 4.79 Å². The summed E-state index contributed by atoms with van der Waals surface area (Å²) in [5.41, 5.74) is 6.22. The van der Waals surface area contributed by atoms with Gasteiger partial charge >= 0.3 is 0 Å². The normalized spacial score (nSPS) is 10.1. The molecule has 1 aromatic carbocycles. The zero-order valence-electron chi connectivity index (χ0n) is 9.53. The monoisotopic (exact) mass is 238 g/mol. The summed E-state index contributed by atoms with van der Waals surface area (Å²) in [6, 6.07) is 7.98. The Balaban J connectivity index is 2.56. The maximum atomic E-state index is 10.7. The Morgan fingerprint density at radius 3 is 2.88 bits per heavy atom. The average molecular weight is 238 g/mol. The first kappa shape index (κ1) is 12.9. The van der Waals surface area contributed by atoms with E-state index in [1.807, 2.05) is 24.3 Å². The molecule has 0 aliphatic carbocycles. The molecule has 0 aromatic heterocycles. The van der Waals surface area contributed by atoms with Crippen molar-refractivity contribution in [2.45, 2.75) is 24.7 Å². The second-order valence-corrected chi connectivity index (χ2v) is 4.55. The Morgan fingerprint density at radius 2 is 2.19 bits per heavy atom. The van der Waals surface area contributed by atoms with E-state index in [2.05, 4.69) is 12.2 Å². The number of hydrogen-bond donors (Lipinski definition) is 2. The molecule has 1 rings (SSSR count). The van der Waals surface area contributed by atoms with Crippen molar-refractivity contribution in [3.05, 3.63) is 24.3 Å². The summed E-state index contributed by atoms with van der Waals surface area (Å²) in [5, 5.41) is 3.36. The highest BCUT2D eigenvalue weighted by Crippen LogP contribution is 2.26. The highest BCUT2D eigenvalue weighted by atomic mass is 32.2. The van der Waals surface area contributed by atoms with Crippen LogP contribution in [0, 0.1) is 0 Å². The Labute approximate surface area is 101 Å². The molecule has 3 nitrogen and oxygen atoms in total. The van der Waals surface area contributed by atoms with E-state index in [-0.39, 0.29) is 5.91 Å². The molecule has 16 heavy (non-hydrogen) atoms. The predicted molar refractivity (Wildman–Crippen MR) is 69.8 cm³/mol. The van der Waals surface area contributed by atoms with Gasteiger partial charge in [0, 0.05) is 17.1 Å². The highest BCUT2D eigenvalue weighted by Gasteiger charge is 2.03. The number of amides is 1. The number of para-hydroxylation sites is 1. The minimum Gasteiger partial charge on any atom is -0.384 e. The van der Waals surface area contributed by atoms with Crippen LogP contribution in [0.3, 0.4) is 0 Å². The third-order valence-corrected chi connectivity index (χ3v) is 3.20. The van der Waals surface area contributed by atoms with Crippen molar-refractivity contribution in [1.29, 1.82) is 0 Å². The molecule has 4 heteroatoms. The fourth-order valence-corrected chi connectivity index (χ4v) is 2.06. The number of carbonyl (C=O) groups excluding carboxylic acids is 1. The summed E-state index contributed by atoms with van der Waals surface area (Å²) in [6.07, 6.45) is 2.32. The topological polar surface area (TPSA) is 55.1 Å². The third-order valence-electron chi connectivity index (χ3n) is 2.10. The fourth-order valence-electron chi connectivity index (χ4n) is 1.29. The number of nitrogens with one attached hydrogen (secondary N) is 1. The van der Waals surface area contributed by atoms with E-state index in [0.29, 0.717) is 5.75 Å². The molecule has 0 radical (unpaired) electrons. The SMILES string of the molecule is CCCCNc1ccccc1SCC(N)=O. The molecule has 1 aromatic rings. The van der Waals surface area contributed by atoms with E-state index >= 15 is 0 Å². The van der Waals surface area contributed by atoms with Crippen molar-refractivity contribution in [1.82, 2.24) is 0 Å². The van der Waals surface area contributed by atoms with Gasteiger partial charge in [-0.25, -0.2) is 0 Å². The first-order valence-corrected chi connectivity index (χ1v) is 6.46. The number of carbonyl (C=O) groups is 1. The molecule has 0 aliphatic rings. The zero-order valence-corrected chi connectivity index (χ0v) is 10.3. The minimum atomic E-state index is -0.284. The molecule has 0 fully saturated rings. The van der Waals surface area contributed by atoms with Crippen LogP contribution in [0.4, 0.5) is 5.69 Å². The van der Waals surface area contributed by atoms with Gasteiger partial charge in [-0.2, -0.15) is 0 Å². The number of nitrogens with two attached hydrogens (primary N) is 1. The van der Waals surface area contributed by atoms with Crippen molar-refractivity contribution >= 4 is 23.4 Å². The van der Waals surface area contributed by atoms with E-state index in [1.54, 1.807) is 0 Å². The first-order valence-electron chi connectivity index (χ1n) is 5.48. The van der Waals surface area contributed by atoms with Crippen LogP contribution in [0.2, 0.25) is 0 Å². The van der Waals surface area contributed by atoms with Crippen LogP contribution in [0.5, 0.6) is 0 Å². The molecule has 0 unspecified atom stereocenters. The van der Waals surface area contributed by atoms with E-state index in [4.69, 9.17) is 5.73 Å². The van der Waals surface area contributed by atoms with Gasteiger partial charge in [0.2, 0.25) is 5.91 Å². The van der Waals surface area contributed by atoms with Gasteiger partial charge in [-0.15, -0.1) is 11.8 Å². The number of rotatable bonds is 7. The zero-order chi connectivity index (χ0) is 11.8. The standard InChI is InChI=1S/C12H18N2OS/c1-2-3-8-14-10-6-4-5-7-11(10)16-9-12(13)15/h4-7,14H,2-3,8-9H2,1H3,(H2,13,15). The molecule has 3 N–H and O–H groups in total. The van der Waals surface area contributed by atoms with Gasteiger partial charge < -0.3 is 11.1 Å². The van der Waals surface area contributed by atoms with E-state index in [1.165, 1.54) is 18.2 Å². The summed E-state index contributed by atoms with van der Waals surface area (Å²) in [5.74, 6) is 0.0419. The number of primary amides is 1. The van der Waals surface area contributed by atoms with Crippen LogP contribution in [-0.2, 0) is 4.79 Å². The minimum absolute atomic E-state index is 0.284. The van der Waals surface area contributed by atoms with Gasteiger partial charge in [0.05, 0.1) is 5.75 Å². The molecular formula is C12H18N2OS. The van der Waals surface area contributed by atoms with Crippen molar-refractivity contribution in [2.24, 2.45) is 5.73 Å². The molecule has 0 atom stereocenters. The Bertz CT molecular complexity index is 342.